The summed E-state index contributed by atoms with van der Waals surface area (Å²) in [4.78, 5) is 35.6. The van der Waals surface area contributed by atoms with Crippen LogP contribution in [0.25, 0.3) is 0 Å². The van der Waals surface area contributed by atoms with Gasteiger partial charge in [0.1, 0.15) is 6.04 Å². The molecule has 6 nitrogen and oxygen atoms in total. The van der Waals surface area contributed by atoms with Crippen LogP contribution in [0.1, 0.15) is 32.3 Å². The summed E-state index contributed by atoms with van der Waals surface area (Å²) >= 11 is 0. The van der Waals surface area contributed by atoms with Crippen molar-refractivity contribution < 1.29 is 19.1 Å². The standard InChI is InChI=1S/C17H22N2O4/c1-3-18-15(21)12(2)19-14(20)11-23-16(22)17(9-10-17)13-7-5-4-6-8-13/h4-8,12H,3,9-11H2,1-2H3,(H,18,21)(H,19,20)/t12-/m1/s1. The zero-order chi connectivity index (χ0) is 16.9. The zero-order valence-corrected chi connectivity index (χ0v) is 13.4. The lowest BCUT2D eigenvalue weighted by molar-refractivity contribution is -0.151. The third kappa shape index (κ3) is 4.09. The van der Waals surface area contributed by atoms with Gasteiger partial charge in [0, 0.05) is 6.54 Å². The van der Waals surface area contributed by atoms with Crippen LogP contribution in [0.4, 0.5) is 0 Å². The molecule has 0 heterocycles. The molecule has 1 aromatic carbocycles. The first-order valence-corrected chi connectivity index (χ1v) is 7.79. The first-order chi connectivity index (χ1) is 11.0. The Hall–Kier alpha value is -2.37. The Morgan fingerprint density at radius 2 is 1.87 bits per heavy atom. The number of carbonyl (C=O) groups is 3. The average Bonchev–Trinajstić information content (AvgIpc) is 3.35. The molecule has 6 heteroatoms. The van der Waals surface area contributed by atoms with Gasteiger partial charge in [0.05, 0.1) is 5.41 Å². The molecule has 1 fully saturated rings. The molecule has 0 saturated heterocycles. The van der Waals surface area contributed by atoms with Gasteiger partial charge in [-0.15, -0.1) is 0 Å². The van der Waals surface area contributed by atoms with Crippen LogP contribution in [0.3, 0.4) is 0 Å². The lowest BCUT2D eigenvalue weighted by Crippen LogP contribution is -2.46. The topological polar surface area (TPSA) is 84.5 Å². The van der Waals surface area contributed by atoms with E-state index in [0.717, 1.165) is 18.4 Å². The average molecular weight is 318 g/mol. The minimum atomic E-state index is -0.662. The molecule has 2 rings (SSSR count). The summed E-state index contributed by atoms with van der Waals surface area (Å²) in [5.41, 5.74) is 0.313. The predicted molar refractivity (Wildman–Crippen MR) is 84.6 cm³/mol. The number of carbonyl (C=O) groups excluding carboxylic acids is 3. The number of nitrogens with one attached hydrogen (secondary N) is 2. The van der Waals surface area contributed by atoms with Crippen molar-refractivity contribution in [2.45, 2.75) is 38.1 Å². The molecule has 0 spiro atoms. The van der Waals surface area contributed by atoms with Gasteiger partial charge in [-0.1, -0.05) is 30.3 Å². The quantitative estimate of drug-likeness (QED) is 0.732. The highest BCUT2D eigenvalue weighted by Gasteiger charge is 2.52. The van der Waals surface area contributed by atoms with Crippen LogP contribution < -0.4 is 10.6 Å². The van der Waals surface area contributed by atoms with E-state index in [9.17, 15) is 14.4 Å². The molecular formula is C17H22N2O4. The second-order valence-electron chi connectivity index (χ2n) is 5.71. The van der Waals surface area contributed by atoms with Crippen LogP contribution >= 0.6 is 0 Å². The summed E-state index contributed by atoms with van der Waals surface area (Å²) in [7, 11) is 0. The zero-order valence-electron chi connectivity index (χ0n) is 13.4. The monoisotopic (exact) mass is 318 g/mol. The van der Waals surface area contributed by atoms with Crippen LogP contribution in [-0.2, 0) is 24.5 Å². The van der Waals surface area contributed by atoms with Crippen molar-refractivity contribution in [2.24, 2.45) is 0 Å². The molecule has 23 heavy (non-hydrogen) atoms. The fraction of sp³-hybridized carbons (Fsp3) is 0.471. The normalized spacial score (nSPS) is 16.1. The molecular weight excluding hydrogens is 296 g/mol. The largest absolute Gasteiger partial charge is 0.455 e. The molecule has 2 N–H and O–H groups in total. The van der Waals surface area contributed by atoms with Gasteiger partial charge in [-0.3, -0.25) is 14.4 Å². The second kappa shape index (κ2) is 7.26. The predicted octanol–water partition coefficient (Wildman–Crippen LogP) is 0.902. The summed E-state index contributed by atoms with van der Waals surface area (Å²) in [5, 5.41) is 5.11. The van der Waals surface area contributed by atoms with Gasteiger partial charge in [-0.25, -0.2) is 0 Å². The van der Waals surface area contributed by atoms with Crippen molar-refractivity contribution in [3.63, 3.8) is 0 Å². The van der Waals surface area contributed by atoms with E-state index in [1.165, 1.54) is 0 Å². The van der Waals surface area contributed by atoms with E-state index in [4.69, 9.17) is 4.74 Å². The molecule has 1 saturated carbocycles. The highest BCUT2D eigenvalue weighted by Crippen LogP contribution is 2.49. The number of likely N-dealkylation sites (N-methyl/N-ethyl adjacent to an activating group) is 1. The lowest BCUT2D eigenvalue weighted by atomic mass is 9.96. The number of ether oxygens (including phenoxy) is 1. The fourth-order valence-electron chi connectivity index (χ4n) is 2.44. The maximum Gasteiger partial charge on any atom is 0.317 e. The van der Waals surface area contributed by atoms with Crippen molar-refractivity contribution >= 4 is 17.8 Å². The number of amides is 2. The molecule has 2 amide bonds. The molecule has 0 aliphatic heterocycles. The molecule has 0 unspecified atom stereocenters. The number of esters is 1. The van der Waals surface area contributed by atoms with Gasteiger partial charge < -0.3 is 15.4 Å². The van der Waals surface area contributed by atoms with Gasteiger partial charge in [0.15, 0.2) is 6.61 Å². The minimum Gasteiger partial charge on any atom is -0.455 e. The molecule has 124 valence electrons. The van der Waals surface area contributed by atoms with Crippen molar-refractivity contribution in [2.75, 3.05) is 13.2 Å². The van der Waals surface area contributed by atoms with Gasteiger partial charge in [0.25, 0.3) is 5.91 Å². The van der Waals surface area contributed by atoms with Crippen LogP contribution in [-0.4, -0.2) is 37.0 Å². The lowest BCUT2D eigenvalue weighted by Gasteiger charge is -2.16. The summed E-state index contributed by atoms with van der Waals surface area (Å²) in [6.07, 6.45) is 1.46. The molecule has 0 aromatic heterocycles. The smallest absolute Gasteiger partial charge is 0.317 e. The van der Waals surface area contributed by atoms with Gasteiger partial charge >= 0.3 is 5.97 Å². The van der Waals surface area contributed by atoms with Crippen molar-refractivity contribution in [3.05, 3.63) is 35.9 Å². The Bertz CT molecular complexity index is 582. The SMILES string of the molecule is CCNC(=O)[C@@H](C)NC(=O)COC(=O)C1(c2ccccc2)CC1. The second-order valence-corrected chi connectivity index (χ2v) is 5.71. The first-order valence-electron chi connectivity index (χ1n) is 7.79. The van der Waals surface area contributed by atoms with Gasteiger partial charge in [0.2, 0.25) is 5.91 Å². The van der Waals surface area contributed by atoms with Gasteiger partial charge in [-0.05, 0) is 32.3 Å². The third-order valence-corrected chi connectivity index (χ3v) is 3.92. The number of hydrogen-bond donors (Lipinski definition) is 2. The number of benzene rings is 1. The highest BCUT2D eigenvalue weighted by molar-refractivity contribution is 5.91. The van der Waals surface area contributed by atoms with E-state index < -0.39 is 17.4 Å². The first kappa shape index (κ1) is 17.0. The maximum atomic E-state index is 12.3. The Kier molecular flexibility index (Phi) is 5.36. The van der Waals surface area contributed by atoms with E-state index in [1.54, 1.807) is 13.8 Å². The Labute approximate surface area is 135 Å². The summed E-state index contributed by atoms with van der Waals surface area (Å²) in [6, 6.07) is 8.77. The number of rotatable bonds is 7. The Balaban J connectivity index is 1.83. The van der Waals surface area contributed by atoms with E-state index in [-0.39, 0.29) is 18.5 Å². The highest BCUT2D eigenvalue weighted by atomic mass is 16.5. The molecule has 1 aliphatic rings. The molecule has 0 bridgehead atoms. The van der Waals surface area contributed by atoms with E-state index in [1.807, 2.05) is 30.3 Å². The Morgan fingerprint density at radius 1 is 1.22 bits per heavy atom. The third-order valence-electron chi connectivity index (χ3n) is 3.92. The molecule has 1 atom stereocenters. The van der Waals surface area contributed by atoms with Crippen molar-refractivity contribution in [1.29, 1.82) is 0 Å². The van der Waals surface area contributed by atoms with Crippen LogP contribution in [0.2, 0.25) is 0 Å². The summed E-state index contributed by atoms with van der Waals surface area (Å²) < 4.78 is 5.14. The van der Waals surface area contributed by atoms with E-state index in [2.05, 4.69) is 10.6 Å². The van der Waals surface area contributed by atoms with Crippen molar-refractivity contribution in [3.8, 4) is 0 Å². The van der Waals surface area contributed by atoms with Crippen LogP contribution in [0.5, 0.6) is 0 Å². The molecule has 1 aromatic rings. The maximum absolute atomic E-state index is 12.3. The number of hydrogen-bond acceptors (Lipinski definition) is 4. The van der Waals surface area contributed by atoms with E-state index in [0.29, 0.717) is 6.54 Å². The molecule has 1 aliphatic carbocycles. The van der Waals surface area contributed by atoms with Gasteiger partial charge in [-0.2, -0.15) is 0 Å². The van der Waals surface area contributed by atoms with Crippen molar-refractivity contribution in [1.82, 2.24) is 10.6 Å². The fourth-order valence-corrected chi connectivity index (χ4v) is 2.44. The van der Waals surface area contributed by atoms with E-state index >= 15 is 0 Å². The minimum absolute atomic E-state index is 0.268. The van der Waals surface area contributed by atoms with Crippen LogP contribution in [0, 0.1) is 0 Å². The summed E-state index contributed by atoms with van der Waals surface area (Å²) in [5.74, 6) is -1.14. The Morgan fingerprint density at radius 3 is 2.43 bits per heavy atom. The molecule has 0 radical (unpaired) electrons. The van der Waals surface area contributed by atoms with Crippen LogP contribution in [0.15, 0.2) is 30.3 Å². The summed E-state index contributed by atoms with van der Waals surface area (Å²) in [6.45, 7) is 3.49.